The molecule has 8 saturated heterocycles. The molecule has 0 aromatic rings. The number of aliphatic hydroxyl groups excluding tert-OH is 23. The third-order valence-corrected chi connectivity index (χ3v) is 17.8. The number of hydrogen-bond acceptors (Lipinski definition) is 41. The number of nitrogens with one attached hydrogen (secondary N) is 3. The minimum atomic E-state index is -2.34. The maximum absolute atomic E-state index is 12.9. The lowest BCUT2D eigenvalue weighted by Crippen LogP contribution is -2.70. The smallest absolute Gasteiger partial charge is 0.217 e. The molecule has 0 aromatic heterocycles. The van der Waals surface area contributed by atoms with E-state index in [2.05, 4.69) is 16.0 Å². The molecule has 8 aliphatic rings. The van der Waals surface area contributed by atoms with Crippen LogP contribution in [0.15, 0.2) is 0 Å². The molecule has 8 rings (SSSR count). The van der Waals surface area contributed by atoms with Gasteiger partial charge in [0.2, 0.25) is 17.7 Å². The molecule has 44 heteroatoms. The predicted molar refractivity (Wildman–Crippen MR) is 299 cm³/mol. The summed E-state index contributed by atoms with van der Waals surface area (Å²) in [7, 11) is 0. The van der Waals surface area contributed by atoms with E-state index >= 15 is 0 Å². The van der Waals surface area contributed by atoms with Gasteiger partial charge in [0.1, 0.15) is 195 Å². The van der Waals surface area contributed by atoms with Gasteiger partial charge in [-0.25, -0.2) is 0 Å². The van der Waals surface area contributed by atoms with Gasteiger partial charge in [0, 0.05) is 20.8 Å². The summed E-state index contributed by atoms with van der Waals surface area (Å²) in [6.07, 6.45) is -73.7. The first kappa shape index (κ1) is 80.6. The van der Waals surface area contributed by atoms with Crippen LogP contribution in [-0.2, 0) is 85.4 Å². The lowest BCUT2D eigenvalue weighted by molar-refractivity contribution is -0.385. The van der Waals surface area contributed by atoms with Gasteiger partial charge in [-0.1, -0.05) is 0 Å². The normalized spacial score (nSPS) is 49.5. The summed E-state index contributed by atoms with van der Waals surface area (Å²) < 4.78 is 87.0. The number of aliphatic hydroxyl groups is 23. The highest BCUT2D eigenvalue weighted by atomic mass is 16.8. The summed E-state index contributed by atoms with van der Waals surface area (Å²) in [5.41, 5.74) is 0. The number of hydrogen-bond donors (Lipinski definition) is 26. The molecule has 8 heterocycles. The first-order valence-electron chi connectivity index (χ1n) is 31.1. The molecule has 0 spiro atoms. The zero-order valence-electron chi connectivity index (χ0n) is 52.4. The van der Waals surface area contributed by atoms with E-state index in [4.69, 9.17) is 71.1 Å². The van der Waals surface area contributed by atoms with E-state index in [1.54, 1.807) is 0 Å². The van der Waals surface area contributed by atoms with Crippen molar-refractivity contribution in [1.82, 2.24) is 16.0 Å². The summed E-state index contributed by atoms with van der Waals surface area (Å²) in [6, 6.07) is -5.50. The number of carbonyl (C=O) groups excluding carboxylic acids is 3. The van der Waals surface area contributed by atoms with Crippen LogP contribution in [-0.4, -0.2) is 433 Å². The molecular formula is C54H91N3O41. The lowest BCUT2D eigenvalue weighted by atomic mass is 9.94. The Hall–Kier alpha value is -3.11. The number of ether oxygens (including phenoxy) is 15. The van der Waals surface area contributed by atoms with Gasteiger partial charge in [-0.2, -0.15) is 0 Å². The highest BCUT2D eigenvalue weighted by Crippen LogP contribution is 2.39. The molecule has 40 atom stereocenters. The minimum absolute atomic E-state index is 0.876. The van der Waals surface area contributed by atoms with Gasteiger partial charge in [0.05, 0.1) is 52.9 Å². The Morgan fingerprint density at radius 1 is 0.265 bits per heavy atom. The van der Waals surface area contributed by atoms with Gasteiger partial charge in [0.15, 0.2) is 50.3 Å². The van der Waals surface area contributed by atoms with Crippen LogP contribution < -0.4 is 16.0 Å². The SMILES string of the molecule is CC(=O)NC1C(OC2C(O)C(COC3OC(CO)C(OC4OC(CO)C(O)C(OC5OC(CO)C(O)C(OC6OC(CO)C(O)C(O)C6O)C5NC(C)=O)C4O)C(O)C3NC(C)=O)OC(OC3C(CO)OC(O)C(O)C3O)C2O)OC(CO)C(OC2OC(CO)C(O)C(O)C2O)C1O. The third kappa shape index (κ3) is 17.5. The largest absolute Gasteiger partial charge is 0.394 e. The first-order valence-corrected chi connectivity index (χ1v) is 31.1. The second-order valence-corrected chi connectivity index (χ2v) is 24.6. The van der Waals surface area contributed by atoms with Gasteiger partial charge in [-0.05, 0) is 0 Å². The molecule has 8 aliphatic heterocycles. The number of amides is 3. The van der Waals surface area contributed by atoms with Gasteiger partial charge >= 0.3 is 0 Å². The molecule has 40 unspecified atom stereocenters. The average Bonchev–Trinajstić information content (AvgIpc) is 0.776. The Morgan fingerprint density at radius 2 is 0.551 bits per heavy atom. The topological polar surface area (TPSA) is 691 Å². The van der Waals surface area contributed by atoms with E-state index in [0.717, 1.165) is 20.8 Å². The van der Waals surface area contributed by atoms with Crippen LogP contribution in [0.1, 0.15) is 20.8 Å². The van der Waals surface area contributed by atoms with Crippen LogP contribution in [0, 0.1) is 0 Å². The Kier molecular flexibility index (Phi) is 28.9. The second kappa shape index (κ2) is 35.1. The number of rotatable bonds is 25. The predicted octanol–water partition coefficient (Wildman–Crippen LogP) is -18.0. The van der Waals surface area contributed by atoms with E-state index in [-0.39, 0.29) is 0 Å². The van der Waals surface area contributed by atoms with Crippen LogP contribution in [0.25, 0.3) is 0 Å². The number of carbonyl (C=O) groups is 3. The summed E-state index contributed by atoms with van der Waals surface area (Å²) in [6.45, 7) is -5.32. The maximum Gasteiger partial charge on any atom is 0.217 e. The quantitative estimate of drug-likeness (QED) is 0.0404. The van der Waals surface area contributed by atoms with Gasteiger partial charge < -0.3 is 204 Å². The van der Waals surface area contributed by atoms with Crippen molar-refractivity contribution < 1.29 is 203 Å². The second-order valence-electron chi connectivity index (χ2n) is 24.6. The van der Waals surface area contributed by atoms with Crippen molar-refractivity contribution in [3.05, 3.63) is 0 Å². The molecule has 0 aliphatic carbocycles. The Balaban J connectivity index is 1.03. The fraction of sp³-hybridized carbons (Fsp3) is 0.944. The molecule has 98 heavy (non-hydrogen) atoms. The molecule has 26 N–H and O–H groups in total. The van der Waals surface area contributed by atoms with Crippen LogP contribution in [0.5, 0.6) is 0 Å². The zero-order valence-corrected chi connectivity index (χ0v) is 52.4. The van der Waals surface area contributed by atoms with Crippen molar-refractivity contribution in [2.45, 2.75) is 266 Å². The molecule has 3 amide bonds. The highest BCUT2D eigenvalue weighted by molar-refractivity contribution is 5.74. The molecule has 0 bridgehead atoms. The molecule has 0 aromatic carbocycles. The highest BCUT2D eigenvalue weighted by Gasteiger charge is 2.60. The van der Waals surface area contributed by atoms with Crippen molar-refractivity contribution in [1.29, 1.82) is 0 Å². The molecule has 0 saturated carbocycles. The molecule has 568 valence electrons. The van der Waals surface area contributed by atoms with Crippen LogP contribution in [0.4, 0.5) is 0 Å². The summed E-state index contributed by atoms with van der Waals surface area (Å²) in [5, 5.41) is 257. The van der Waals surface area contributed by atoms with Gasteiger partial charge in [0.25, 0.3) is 0 Å². The summed E-state index contributed by atoms with van der Waals surface area (Å²) in [4.78, 5) is 38.4. The van der Waals surface area contributed by atoms with Crippen molar-refractivity contribution in [3.8, 4) is 0 Å². The fourth-order valence-electron chi connectivity index (χ4n) is 12.6. The summed E-state index contributed by atoms with van der Waals surface area (Å²) >= 11 is 0. The van der Waals surface area contributed by atoms with Crippen LogP contribution in [0.3, 0.4) is 0 Å². The molecule has 44 nitrogen and oxygen atoms in total. The van der Waals surface area contributed by atoms with E-state index in [0.29, 0.717) is 0 Å². The van der Waals surface area contributed by atoms with Crippen molar-refractivity contribution in [3.63, 3.8) is 0 Å². The molecule has 8 fully saturated rings. The first-order chi connectivity index (χ1) is 46.4. The zero-order chi connectivity index (χ0) is 72.2. The lowest BCUT2D eigenvalue weighted by Gasteiger charge is -2.50. The molecule has 0 radical (unpaired) electrons. The van der Waals surface area contributed by atoms with E-state index in [9.17, 15) is 132 Å². The van der Waals surface area contributed by atoms with Crippen molar-refractivity contribution in [2.75, 3.05) is 52.9 Å². The van der Waals surface area contributed by atoms with E-state index in [1.807, 2.05) is 0 Å². The minimum Gasteiger partial charge on any atom is -0.394 e. The summed E-state index contributed by atoms with van der Waals surface area (Å²) in [5.74, 6) is -2.70. The monoisotopic (exact) mass is 1440 g/mol. The standard InChI is InChI=1S/C54H91N3O41/c1-12(65)55-23-31(73)41(94-53-39(81)45(29(71)18(7-61)89-53)98-50-25(57-14(3)67)44(28(70)17(6-60)86-50)96-52-38(80)34(76)27(69)16(5-59)88-52)20(9-63)90-48(23)84-11-22-30(72)46(40(82)54(92-22)95-43-19(8-62)85-47(83)36(78)35(43)77)97-49-24(56-13(2)66)32(74)42(21(10-64)91-49)93-51-37(79)33(75)26(68)15(4-58)87-51/h15-54,58-64,68-83H,4-11H2,1-3H3,(H,55,65)(H,56,66)(H,57,67). The van der Waals surface area contributed by atoms with Crippen molar-refractivity contribution >= 4 is 17.7 Å². The Morgan fingerprint density at radius 3 is 0.969 bits per heavy atom. The average molecular weight is 1440 g/mol. The third-order valence-electron chi connectivity index (χ3n) is 17.8. The van der Waals surface area contributed by atoms with Gasteiger partial charge in [-0.15, -0.1) is 0 Å². The maximum atomic E-state index is 12.9. The van der Waals surface area contributed by atoms with E-state index < -0.39 is 316 Å². The van der Waals surface area contributed by atoms with E-state index in [1.165, 1.54) is 0 Å². The van der Waals surface area contributed by atoms with Crippen molar-refractivity contribution in [2.24, 2.45) is 0 Å². The fourth-order valence-corrected chi connectivity index (χ4v) is 12.6. The van der Waals surface area contributed by atoms with Crippen LogP contribution in [0.2, 0.25) is 0 Å². The Bertz CT molecular complexity index is 2510. The van der Waals surface area contributed by atoms with Gasteiger partial charge in [-0.3, -0.25) is 14.4 Å². The van der Waals surface area contributed by atoms with Crippen LogP contribution >= 0.6 is 0 Å². The molecular weight excluding hydrogens is 1350 g/mol. The Labute approximate surface area is 554 Å².